The van der Waals surface area contributed by atoms with Crippen molar-refractivity contribution in [2.75, 3.05) is 0 Å². The number of halogens is 10. The maximum Gasteiger partial charge on any atom is 0.253 e. The van der Waals surface area contributed by atoms with Gasteiger partial charge < -0.3 is 9.13 Å². The van der Waals surface area contributed by atoms with Crippen LogP contribution in [0.5, 0.6) is 0 Å². The van der Waals surface area contributed by atoms with Gasteiger partial charge in [-0.1, -0.05) is 65.7 Å². The van der Waals surface area contributed by atoms with E-state index in [0.717, 1.165) is 9.13 Å². The van der Waals surface area contributed by atoms with Crippen LogP contribution in [0.2, 0.25) is 10.0 Å². The normalized spacial score (nSPS) is 11.8. The van der Waals surface area contributed by atoms with Gasteiger partial charge in [0.1, 0.15) is 11.4 Å². The molecule has 0 fully saturated rings. The summed E-state index contributed by atoms with van der Waals surface area (Å²) in [5.41, 5.74) is -1.34. The Hall–Kier alpha value is -4.94. The van der Waals surface area contributed by atoms with Gasteiger partial charge in [-0.3, -0.25) is 0 Å². The van der Waals surface area contributed by atoms with Crippen molar-refractivity contribution in [2.45, 2.75) is 5.92 Å². The van der Waals surface area contributed by atoms with E-state index in [0.29, 0.717) is 10.8 Å². The van der Waals surface area contributed by atoms with Crippen LogP contribution in [0.25, 0.3) is 33.2 Å². The van der Waals surface area contributed by atoms with Gasteiger partial charge in [0.2, 0.25) is 23.3 Å². The molecule has 4 heterocycles. The molecule has 0 amide bonds. The molecule has 0 bridgehead atoms. The average Bonchev–Trinajstić information content (AvgIpc) is 3.61. The van der Waals surface area contributed by atoms with Crippen LogP contribution in [0.15, 0.2) is 79.1 Å². The van der Waals surface area contributed by atoms with Crippen LogP contribution in [-0.2, 0) is 0 Å². The van der Waals surface area contributed by atoms with E-state index < -0.39 is 64.4 Å². The Labute approximate surface area is 269 Å². The smallest absolute Gasteiger partial charge is 0.253 e. The zero-order valence-electron chi connectivity index (χ0n) is 23.2. The first-order valence-electron chi connectivity index (χ1n) is 13.5. The lowest BCUT2D eigenvalue weighted by Crippen LogP contribution is -2.09. The predicted molar refractivity (Wildman–Crippen MR) is 159 cm³/mol. The molecular weight excluding hydrogens is 675 g/mol. The minimum Gasteiger partial charge on any atom is -0.311 e. The summed E-state index contributed by atoms with van der Waals surface area (Å²) in [6.07, 6.45) is 2.43. The van der Waals surface area contributed by atoms with E-state index in [1.165, 1.54) is 48.8 Å². The summed E-state index contributed by atoms with van der Waals surface area (Å²) in [4.78, 5) is 5.28. The molecular formula is C33H14Cl2F8N4. The van der Waals surface area contributed by atoms with Gasteiger partial charge in [0, 0.05) is 44.7 Å². The SMILES string of the molecule is Fc1nc(F)c(F)c(-n2cc(C(c3c(Cl)cccc3Cl)c3cn(-c4c(F)c(F)nc(F)c4F)c4ccccc34)c3ccccc32)c1F. The second kappa shape index (κ2) is 11.4. The molecule has 47 heavy (non-hydrogen) atoms. The highest BCUT2D eigenvalue weighted by Crippen LogP contribution is 2.47. The molecule has 3 aromatic carbocycles. The van der Waals surface area contributed by atoms with Crippen LogP contribution >= 0.6 is 23.2 Å². The monoisotopic (exact) mass is 688 g/mol. The molecule has 0 spiro atoms. The molecule has 0 aliphatic carbocycles. The molecule has 0 saturated carbocycles. The lowest BCUT2D eigenvalue weighted by molar-refractivity contribution is 0.403. The van der Waals surface area contributed by atoms with Crippen LogP contribution in [0, 0.1) is 47.1 Å². The van der Waals surface area contributed by atoms with Crippen molar-refractivity contribution >= 4 is 45.0 Å². The van der Waals surface area contributed by atoms with Gasteiger partial charge in [-0.2, -0.15) is 45.1 Å². The molecule has 4 nitrogen and oxygen atoms in total. The Bertz CT molecular complexity index is 2190. The Morgan fingerprint density at radius 1 is 0.489 bits per heavy atom. The van der Waals surface area contributed by atoms with Crippen molar-refractivity contribution in [2.24, 2.45) is 0 Å². The number of hydrogen-bond donors (Lipinski definition) is 0. The number of pyridine rings is 2. The number of aromatic nitrogens is 4. The summed E-state index contributed by atoms with van der Waals surface area (Å²) in [7, 11) is 0. The minimum absolute atomic E-state index is 0.0950. The first-order valence-corrected chi connectivity index (χ1v) is 14.3. The molecule has 14 heteroatoms. The zero-order chi connectivity index (χ0) is 33.3. The topological polar surface area (TPSA) is 35.6 Å². The summed E-state index contributed by atoms with van der Waals surface area (Å²) in [6, 6.07) is 16.8. The van der Waals surface area contributed by atoms with Crippen LogP contribution in [0.4, 0.5) is 35.1 Å². The van der Waals surface area contributed by atoms with E-state index >= 15 is 17.6 Å². The van der Waals surface area contributed by atoms with Gasteiger partial charge in [0.25, 0.3) is 23.8 Å². The number of rotatable bonds is 5. The summed E-state index contributed by atoms with van der Waals surface area (Å²) in [5, 5.41) is 0.820. The molecule has 7 rings (SSSR count). The fraction of sp³-hybridized carbons (Fsp3) is 0.0303. The first kappa shape index (κ1) is 30.7. The average molecular weight is 689 g/mol. The molecule has 0 unspecified atom stereocenters. The fourth-order valence-electron chi connectivity index (χ4n) is 5.88. The first-order chi connectivity index (χ1) is 22.5. The van der Waals surface area contributed by atoms with Gasteiger partial charge in [0.15, 0.2) is 0 Å². The maximum atomic E-state index is 15.1. The molecule has 7 aromatic rings. The van der Waals surface area contributed by atoms with Crippen LogP contribution in [0.3, 0.4) is 0 Å². The zero-order valence-corrected chi connectivity index (χ0v) is 24.7. The highest BCUT2D eigenvalue weighted by Gasteiger charge is 2.32. The lowest BCUT2D eigenvalue weighted by Gasteiger charge is -2.20. The third kappa shape index (κ3) is 4.73. The van der Waals surface area contributed by atoms with E-state index in [-0.39, 0.29) is 37.8 Å². The molecule has 0 saturated heterocycles. The molecule has 0 aliphatic rings. The number of para-hydroxylation sites is 2. The maximum absolute atomic E-state index is 15.1. The summed E-state index contributed by atoms with van der Waals surface area (Å²) < 4.78 is 120. The largest absolute Gasteiger partial charge is 0.311 e. The Morgan fingerprint density at radius 2 is 0.851 bits per heavy atom. The molecule has 0 atom stereocenters. The third-order valence-corrected chi connectivity index (χ3v) is 8.49. The summed E-state index contributed by atoms with van der Waals surface area (Å²) >= 11 is 13.4. The molecule has 4 aromatic heterocycles. The summed E-state index contributed by atoms with van der Waals surface area (Å²) in [6.45, 7) is 0. The second-order valence-electron chi connectivity index (χ2n) is 10.4. The third-order valence-electron chi connectivity index (χ3n) is 7.83. The number of hydrogen-bond acceptors (Lipinski definition) is 2. The predicted octanol–water partition coefficient (Wildman–Crippen LogP) is 9.96. The minimum atomic E-state index is -1.88. The van der Waals surface area contributed by atoms with Gasteiger partial charge in [-0.25, -0.2) is 0 Å². The van der Waals surface area contributed by atoms with Gasteiger partial charge in [-0.05, 0) is 35.4 Å². The van der Waals surface area contributed by atoms with Crippen molar-refractivity contribution in [3.05, 3.63) is 153 Å². The van der Waals surface area contributed by atoms with E-state index in [2.05, 4.69) is 9.97 Å². The van der Waals surface area contributed by atoms with Gasteiger partial charge in [0.05, 0.1) is 11.0 Å². The molecule has 0 aliphatic heterocycles. The number of fused-ring (bicyclic) bond motifs is 2. The van der Waals surface area contributed by atoms with E-state index in [1.54, 1.807) is 30.3 Å². The number of benzene rings is 3. The number of nitrogens with zero attached hydrogens (tertiary/aromatic N) is 4. The van der Waals surface area contributed by atoms with E-state index in [1.807, 2.05) is 0 Å². The highest BCUT2D eigenvalue weighted by atomic mass is 35.5. The molecule has 236 valence electrons. The van der Waals surface area contributed by atoms with Crippen molar-refractivity contribution in [3.63, 3.8) is 0 Å². The van der Waals surface area contributed by atoms with Crippen LogP contribution in [-0.4, -0.2) is 19.1 Å². The summed E-state index contributed by atoms with van der Waals surface area (Å²) in [5.74, 6) is -15.7. The molecule has 0 radical (unpaired) electrons. The second-order valence-corrected chi connectivity index (χ2v) is 11.2. The lowest BCUT2D eigenvalue weighted by atomic mass is 9.84. The Kier molecular flexibility index (Phi) is 7.44. The standard InChI is InChI=1S/C33H14Cl2F8N4/c34-18-8-5-9-19(35)23(18)22(16-12-46(20-10-3-1-6-14(16)20)28-24(36)30(40)44-31(41)25(28)37)17-13-47(21-11-4-2-7-15(17)21)29-26(38)32(42)45-33(43)27(29)39/h1-13,22H. The van der Waals surface area contributed by atoms with Crippen molar-refractivity contribution in [1.82, 2.24) is 19.1 Å². The van der Waals surface area contributed by atoms with E-state index in [4.69, 9.17) is 23.2 Å². The van der Waals surface area contributed by atoms with Gasteiger partial charge in [-0.15, -0.1) is 0 Å². The van der Waals surface area contributed by atoms with Crippen molar-refractivity contribution in [1.29, 1.82) is 0 Å². The van der Waals surface area contributed by atoms with Crippen molar-refractivity contribution < 1.29 is 35.1 Å². The Balaban J connectivity index is 1.62. The Morgan fingerprint density at radius 3 is 1.23 bits per heavy atom. The van der Waals surface area contributed by atoms with Crippen LogP contribution < -0.4 is 0 Å². The van der Waals surface area contributed by atoms with Crippen molar-refractivity contribution in [3.8, 4) is 11.4 Å². The quantitative estimate of drug-likeness (QED) is 0.133. The fourth-order valence-corrected chi connectivity index (χ4v) is 6.50. The highest BCUT2D eigenvalue weighted by molar-refractivity contribution is 6.36. The molecule has 0 N–H and O–H groups in total. The van der Waals surface area contributed by atoms with Gasteiger partial charge >= 0.3 is 0 Å². The van der Waals surface area contributed by atoms with Crippen LogP contribution in [0.1, 0.15) is 22.6 Å². The van der Waals surface area contributed by atoms with E-state index in [9.17, 15) is 17.6 Å².